The number of hydrogen-bond acceptors (Lipinski definition) is 3. The molecular formula is C19H20N2O2. The lowest BCUT2D eigenvalue weighted by molar-refractivity contribution is -0.115. The third kappa shape index (κ3) is 2.48. The van der Waals surface area contributed by atoms with Crippen LogP contribution in [-0.4, -0.2) is 18.2 Å². The first kappa shape index (κ1) is 14.2. The Labute approximate surface area is 135 Å². The zero-order valence-corrected chi connectivity index (χ0v) is 13.0. The van der Waals surface area contributed by atoms with Gasteiger partial charge in [-0.3, -0.25) is 9.59 Å². The third-order valence-electron chi connectivity index (χ3n) is 5.23. The van der Waals surface area contributed by atoms with Gasteiger partial charge in [-0.2, -0.15) is 0 Å². The zero-order valence-electron chi connectivity index (χ0n) is 13.0. The molecule has 2 N–H and O–H groups in total. The third-order valence-corrected chi connectivity index (χ3v) is 5.23. The maximum atomic E-state index is 11.7. The van der Waals surface area contributed by atoms with E-state index in [1.807, 2.05) is 18.2 Å². The van der Waals surface area contributed by atoms with Crippen LogP contribution in [0.1, 0.15) is 41.6 Å². The van der Waals surface area contributed by atoms with E-state index in [4.69, 9.17) is 5.73 Å². The molecule has 0 fully saturated rings. The van der Waals surface area contributed by atoms with E-state index < -0.39 is 0 Å². The zero-order chi connectivity index (χ0) is 16.0. The van der Waals surface area contributed by atoms with E-state index >= 15 is 0 Å². The predicted octanol–water partition coefficient (Wildman–Crippen LogP) is 2.73. The van der Waals surface area contributed by atoms with Crippen LogP contribution in [0, 0.1) is 5.92 Å². The van der Waals surface area contributed by atoms with Crippen molar-refractivity contribution in [3.05, 3.63) is 52.7 Å². The molecule has 1 aromatic carbocycles. The predicted molar refractivity (Wildman–Crippen MR) is 89.1 cm³/mol. The molecule has 0 radical (unpaired) electrons. The van der Waals surface area contributed by atoms with Crippen LogP contribution in [0.25, 0.3) is 0 Å². The summed E-state index contributed by atoms with van der Waals surface area (Å²) in [4.78, 5) is 25.3. The van der Waals surface area contributed by atoms with E-state index in [1.165, 1.54) is 22.5 Å². The van der Waals surface area contributed by atoms with Crippen LogP contribution in [0.5, 0.6) is 0 Å². The van der Waals surface area contributed by atoms with Crippen molar-refractivity contribution >= 4 is 17.4 Å². The summed E-state index contributed by atoms with van der Waals surface area (Å²) >= 11 is 0. The van der Waals surface area contributed by atoms with Gasteiger partial charge in [0.2, 0.25) is 5.91 Å². The number of carbonyl (C=O) groups excluding carboxylic acids is 2. The van der Waals surface area contributed by atoms with Crippen molar-refractivity contribution in [2.45, 2.75) is 32.1 Å². The maximum absolute atomic E-state index is 11.7. The summed E-state index contributed by atoms with van der Waals surface area (Å²) in [5.41, 5.74) is 10.8. The van der Waals surface area contributed by atoms with E-state index in [1.54, 1.807) is 6.07 Å². The molecule has 0 aromatic heterocycles. The van der Waals surface area contributed by atoms with Crippen molar-refractivity contribution in [2.24, 2.45) is 11.7 Å². The summed E-state index contributed by atoms with van der Waals surface area (Å²) in [5, 5.41) is 0. The van der Waals surface area contributed by atoms with Crippen LogP contribution in [0.3, 0.4) is 0 Å². The van der Waals surface area contributed by atoms with E-state index in [-0.39, 0.29) is 11.7 Å². The van der Waals surface area contributed by atoms with Crippen molar-refractivity contribution in [3.63, 3.8) is 0 Å². The highest BCUT2D eigenvalue weighted by molar-refractivity contribution is 5.94. The Morgan fingerprint density at radius 1 is 1.13 bits per heavy atom. The molecule has 3 aliphatic rings. The van der Waals surface area contributed by atoms with E-state index in [0.717, 1.165) is 32.2 Å². The summed E-state index contributed by atoms with van der Waals surface area (Å²) < 4.78 is 0. The van der Waals surface area contributed by atoms with Gasteiger partial charge >= 0.3 is 0 Å². The molecule has 23 heavy (non-hydrogen) atoms. The fourth-order valence-electron chi connectivity index (χ4n) is 3.98. The maximum Gasteiger partial charge on any atom is 0.248 e. The Balaban J connectivity index is 1.66. The van der Waals surface area contributed by atoms with Gasteiger partial charge in [0.05, 0.1) is 0 Å². The Hall–Kier alpha value is -2.36. The molecule has 0 spiro atoms. The van der Waals surface area contributed by atoms with Gasteiger partial charge in [0.25, 0.3) is 0 Å². The lowest BCUT2D eigenvalue weighted by atomic mass is 9.79. The highest BCUT2D eigenvalue weighted by Crippen LogP contribution is 2.39. The SMILES string of the molecule is NC(=O)c1ccc2c(c1)CCN2C1=CC2=CC(=O)CCC2CC1. The first-order valence-corrected chi connectivity index (χ1v) is 8.27. The van der Waals surface area contributed by atoms with Crippen LogP contribution >= 0.6 is 0 Å². The molecule has 0 bridgehead atoms. The number of carbonyl (C=O) groups is 2. The lowest BCUT2D eigenvalue weighted by Crippen LogP contribution is -2.25. The summed E-state index contributed by atoms with van der Waals surface area (Å²) in [7, 11) is 0. The molecule has 1 amide bonds. The molecular weight excluding hydrogens is 288 g/mol. The van der Waals surface area contributed by atoms with Gasteiger partial charge in [-0.1, -0.05) is 0 Å². The molecule has 2 aliphatic carbocycles. The van der Waals surface area contributed by atoms with Crippen molar-refractivity contribution < 1.29 is 9.59 Å². The van der Waals surface area contributed by atoms with Gasteiger partial charge in [0, 0.05) is 29.9 Å². The van der Waals surface area contributed by atoms with Gasteiger partial charge in [-0.05, 0) is 73.1 Å². The highest BCUT2D eigenvalue weighted by atomic mass is 16.1. The summed E-state index contributed by atoms with van der Waals surface area (Å²) in [6.45, 7) is 0.926. The van der Waals surface area contributed by atoms with Crippen molar-refractivity contribution in [3.8, 4) is 0 Å². The monoisotopic (exact) mass is 308 g/mol. The Kier molecular flexibility index (Phi) is 3.33. The second-order valence-electron chi connectivity index (χ2n) is 6.63. The number of amides is 1. The van der Waals surface area contributed by atoms with Crippen LogP contribution < -0.4 is 10.6 Å². The van der Waals surface area contributed by atoms with Crippen molar-refractivity contribution in [2.75, 3.05) is 11.4 Å². The van der Waals surface area contributed by atoms with Crippen LogP contribution in [-0.2, 0) is 11.2 Å². The van der Waals surface area contributed by atoms with Crippen LogP contribution in [0.15, 0.2) is 41.6 Å². The van der Waals surface area contributed by atoms with Gasteiger partial charge < -0.3 is 10.6 Å². The number of anilines is 1. The number of nitrogens with zero attached hydrogens (tertiary/aromatic N) is 1. The number of nitrogens with two attached hydrogens (primary N) is 1. The first-order valence-electron chi connectivity index (χ1n) is 8.27. The van der Waals surface area contributed by atoms with Gasteiger partial charge in [0.1, 0.15) is 0 Å². The lowest BCUT2D eigenvalue weighted by Gasteiger charge is -2.32. The Morgan fingerprint density at radius 3 is 2.78 bits per heavy atom. The van der Waals surface area contributed by atoms with Gasteiger partial charge in [-0.15, -0.1) is 0 Å². The van der Waals surface area contributed by atoms with Crippen molar-refractivity contribution in [1.29, 1.82) is 0 Å². The Morgan fingerprint density at radius 2 is 1.96 bits per heavy atom. The molecule has 1 heterocycles. The molecule has 1 aliphatic heterocycles. The number of fused-ring (bicyclic) bond motifs is 2. The molecule has 1 aromatic rings. The fraction of sp³-hybridized carbons (Fsp3) is 0.368. The average molecular weight is 308 g/mol. The quantitative estimate of drug-likeness (QED) is 0.913. The molecule has 4 rings (SSSR count). The van der Waals surface area contributed by atoms with Crippen LogP contribution in [0.2, 0.25) is 0 Å². The molecule has 1 atom stereocenters. The number of allylic oxidation sites excluding steroid dienone is 4. The highest BCUT2D eigenvalue weighted by Gasteiger charge is 2.29. The summed E-state index contributed by atoms with van der Waals surface area (Å²) in [6.07, 6.45) is 8.83. The average Bonchev–Trinajstić information content (AvgIpc) is 2.97. The number of primary amides is 1. The summed E-state index contributed by atoms with van der Waals surface area (Å²) in [5.74, 6) is 0.425. The standard InChI is InChI=1S/C19H20N2O2/c20-19(23)14-3-6-18-13(9-14)7-8-21(18)16-4-1-12-2-5-17(22)11-15(12)10-16/h3,6,9-12H,1-2,4-5,7-8H2,(H2,20,23). The molecule has 0 saturated heterocycles. The van der Waals surface area contributed by atoms with Crippen LogP contribution in [0.4, 0.5) is 5.69 Å². The number of hydrogen-bond donors (Lipinski definition) is 1. The number of rotatable bonds is 2. The molecule has 1 unspecified atom stereocenters. The largest absolute Gasteiger partial charge is 0.366 e. The minimum absolute atomic E-state index is 0.252. The minimum atomic E-state index is -0.378. The Bertz CT molecular complexity index is 761. The number of benzene rings is 1. The second kappa shape index (κ2) is 5.37. The van der Waals surface area contributed by atoms with Gasteiger partial charge in [0.15, 0.2) is 5.78 Å². The topological polar surface area (TPSA) is 63.4 Å². The van der Waals surface area contributed by atoms with E-state index in [2.05, 4.69) is 11.0 Å². The minimum Gasteiger partial charge on any atom is -0.366 e. The molecule has 4 nitrogen and oxygen atoms in total. The van der Waals surface area contributed by atoms with E-state index in [0.29, 0.717) is 17.9 Å². The summed E-state index contributed by atoms with van der Waals surface area (Å²) in [6, 6.07) is 5.71. The smallest absolute Gasteiger partial charge is 0.248 e. The number of ketones is 1. The molecule has 118 valence electrons. The van der Waals surface area contributed by atoms with E-state index in [9.17, 15) is 9.59 Å². The molecule has 0 saturated carbocycles. The first-order chi connectivity index (χ1) is 11.1. The fourth-order valence-corrected chi connectivity index (χ4v) is 3.98. The molecule has 4 heteroatoms. The van der Waals surface area contributed by atoms with Crippen molar-refractivity contribution in [1.82, 2.24) is 0 Å². The second-order valence-corrected chi connectivity index (χ2v) is 6.63. The van der Waals surface area contributed by atoms with Gasteiger partial charge in [-0.25, -0.2) is 0 Å². The normalized spacial score (nSPS) is 23.0.